The fourth-order valence-electron chi connectivity index (χ4n) is 8.21. The molecule has 2 atom stereocenters. The Hall–Kier alpha value is -8.04. The molecule has 0 fully saturated rings. The van der Waals surface area contributed by atoms with Crippen LogP contribution in [0.25, 0.3) is 0 Å². The van der Waals surface area contributed by atoms with Crippen LogP contribution in [0.4, 0.5) is 67.5 Å². The zero-order valence-electron chi connectivity index (χ0n) is 34.6. The molecular weight excluding hydrogens is 895 g/mol. The minimum absolute atomic E-state index is 0.00778. The number of nitrogens with one attached hydrogen (secondary N) is 3. The number of carbonyl (C=O) groups excluding carboxylic acids is 2. The van der Waals surface area contributed by atoms with Crippen molar-refractivity contribution < 1.29 is 54.9 Å². The fourth-order valence-corrected chi connectivity index (χ4v) is 8.21. The number of aryl methyl sites for hydroxylation is 2. The predicted molar refractivity (Wildman–Crippen MR) is 224 cm³/mol. The van der Waals surface area contributed by atoms with Crippen LogP contribution < -0.4 is 25.8 Å². The Morgan fingerprint density at radius 2 is 0.970 bits per heavy atom. The normalized spacial score (nSPS) is 15.9. The molecule has 67 heavy (non-hydrogen) atoms. The predicted octanol–water partition coefficient (Wildman–Crippen LogP) is 9.73. The summed E-state index contributed by atoms with van der Waals surface area (Å²) in [7, 11) is 0. The molecular formula is C46H35F8N9O4. The van der Waals surface area contributed by atoms with E-state index < -0.39 is 70.6 Å². The number of hydrogen-bond donors (Lipinski definition) is 5. The van der Waals surface area contributed by atoms with Crippen LogP contribution in [-0.2, 0) is 25.4 Å². The largest absolute Gasteiger partial charge is 0.494 e. The number of amides is 4. The highest BCUT2D eigenvalue weighted by Gasteiger charge is 2.41. The van der Waals surface area contributed by atoms with Gasteiger partial charge in [-0.25, -0.2) is 18.4 Å². The molecule has 0 bridgehead atoms. The maximum absolute atomic E-state index is 14.6. The number of nitriles is 2. The molecule has 8 rings (SSSR count). The Kier molecular flexibility index (Phi) is 12.1. The summed E-state index contributed by atoms with van der Waals surface area (Å²) in [5.74, 6) is -3.16. The van der Waals surface area contributed by atoms with Crippen molar-refractivity contribution >= 4 is 34.8 Å². The van der Waals surface area contributed by atoms with Crippen molar-refractivity contribution in [1.82, 2.24) is 25.1 Å². The van der Waals surface area contributed by atoms with E-state index >= 15 is 0 Å². The summed E-state index contributed by atoms with van der Waals surface area (Å²) in [4.78, 5) is 28.9. The molecule has 0 spiro atoms. The SMILES string of the molecule is N#Cc1ccc(C2NC(=O)N(c3cc(F)cc(C(F)(F)F)c3)c3cn(CCCNCCCn4cc5c(c4O)C(c4ccc(C#N)cc4)NC(=O)N5c4cc(F)cc(C(F)(F)F)c4)c(O)c32)cc1. The maximum Gasteiger partial charge on any atom is 0.416 e. The first-order chi connectivity index (χ1) is 31.9. The standard InChI is InChI=1S/C46H35F8N9O4/c47-31-15-29(45(49,50)51)17-33(19-31)62-35-23-60(41(64)37(35)39(58-43(62)66)27-7-3-25(21-55)4-8-27)13-1-11-57-12-2-14-61-24-36-38(42(61)65)40(28-9-5-26(22-56)6-10-28)59-44(67)63(36)34-18-30(46(52,53)54)16-32(48)20-34/h3-10,15-20,23-24,39-40,57,64-65H,1-2,11-14H2,(H,58,66)(H,59,67). The van der Waals surface area contributed by atoms with Gasteiger partial charge < -0.3 is 35.3 Å². The number of hydrogen-bond acceptors (Lipinski definition) is 7. The highest BCUT2D eigenvalue weighted by Crippen LogP contribution is 2.48. The van der Waals surface area contributed by atoms with Gasteiger partial charge in [0.1, 0.15) is 11.6 Å². The van der Waals surface area contributed by atoms with E-state index in [-0.39, 0.29) is 47.4 Å². The van der Waals surface area contributed by atoms with Crippen LogP contribution in [0, 0.1) is 34.3 Å². The van der Waals surface area contributed by atoms with Gasteiger partial charge >= 0.3 is 24.4 Å². The third-order valence-electron chi connectivity index (χ3n) is 11.3. The number of urea groups is 2. The van der Waals surface area contributed by atoms with Gasteiger partial charge in [-0.05, 0) is 97.7 Å². The Morgan fingerprint density at radius 3 is 1.31 bits per heavy atom. The highest BCUT2D eigenvalue weighted by atomic mass is 19.4. The van der Waals surface area contributed by atoms with E-state index in [4.69, 9.17) is 0 Å². The zero-order valence-corrected chi connectivity index (χ0v) is 34.6. The van der Waals surface area contributed by atoms with Crippen LogP contribution in [0.2, 0.25) is 0 Å². The summed E-state index contributed by atoms with van der Waals surface area (Å²) >= 11 is 0. The van der Waals surface area contributed by atoms with Gasteiger partial charge in [0.15, 0.2) is 11.8 Å². The van der Waals surface area contributed by atoms with E-state index in [0.717, 1.165) is 21.9 Å². The number of aromatic hydroxyl groups is 2. The Labute approximate surface area is 375 Å². The molecule has 2 unspecified atom stereocenters. The van der Waals surface area contributed by atoms with Gasteiger partial charge in [-0.3, -0.25) is 9.80 Å². The summed E-state index contributed by atoms with van der Waals surface area (Å²) < 4.78 is 114. The van der Waals surface area contributed by atoms with Crippen LogP contribution in [0.15, 0.2) is 97.3 Å². The van der Waals surface area contributed by atoms with Crippen molar-refractivity contribution in [2.24, 2.45) is 0 Å². The van der Waals surface area contributed by atoms with Crippen molar-refractivity contribution in [3.63, 3.8) is 0 Å². The Bertz CT molecular complexity index is 2770. The Balaban J connectivity index is 0.993. The zero-order chi connectivity index (χ0) is 47.9. The van der Waals surface area contributed by atoms with Crippen LogP contribution in [0.3, 0.4) is 0 Å². The summed E-state index contributed by atoms with van der Waals surface area (Å²) in [6.45, 7) is 0.923. The first-order valence-electron chi connectivity index (χ1n) is 20.4. The monoisotopic (exact) mass is 929 g/mol. The number of fused-ring (bicyclic) bond motifs is 2. The average molecular weight is 930 g/mol. The summed E-state index contributed by atoms with van der Waals surface area (Å²) in [6, 6.07) is 15.7. The molecule has 4 aromatic carbocycles. The molecule has 2 aromatic heterocycles. The molecule has 4 amide bonds. The van der Waals surface area contributed by atoms with Gasteiger partial charge in [0.05, 0.1) is 80.4 Å². The first-order valence-corrected chi connectivity index (χ1v) is 20.4. The number of halogens is 8. The molecule has 0 aliphatic carbocycles. The van der Waals surface area contributed by atoms with Gasteiger partial charge in [0.25, 0.3) is 0 Å². The smallest absolute Gasteiger partial charge is 0.416 e. The van der Waals surface area contributed by atoms with Crippen molar-refractivity contribution in [2.45, 2.75) is 50.4 Å². The second-order valence-electron chi connectivity index (χ2n) is 15.6. The third-order valence-corrected chi connectivity index (χ3v) is 11.3. The fraction of sp³-hybridized carbons (Fsp3) is 0.217. The topological polar surface area (TPSA) is 175 Å². The first kappa shape index (κ1) is 45.5. The van der Waals surface area contributed by atoms with Gasteiger partial charge in [-0.2, -0.15) is 36.9 Å². The van der Waals surface area contributed by atoms with Crippen molar-refractivity contribution in [3.8, 4) is 23.9 Å². The third kappa shape index (κ3) is 9.01. The maximum atomic E-state index is 14.6. The van der Waals surface area contributed by atoms with E-state index in [0.29, 0.717) is 72.5 Å². The average Bonchev–Trinajstić information content (AvgIpc) is 3.78. The minimum Gasteiger partial charge on any atom is -0.494 e. The summed E-state index contributed by atoms with van der Waals surface area (Å²) in [5, 5.41) is 50.3. The number of anilines is 4. The number of alkyl halides is 6. The van der Waals surface area contributed by atoms with Crippen molar-refractivity contribution in [2.75, 3.05) is 22.9 Å². The van der Waals surface area contributed by atoms with Gasteiger partial charge in [0.2, 0.25) is 0 Å². The van der Waals surface area contributed by atoms with E-state index in [2.05, 4.69) is 16.0 Å². The van der Waals surface area contributed by atoms with Crippen LogP contribution in [0.1, 0.15) is 69.4 Å². The molecule has 0 saturated carbocycles. The van der Waals surface area contributed by atoms with Crippen molar-refractivity contribution in [1.29, 1.82) is 10.5 Å². The molecule has 13 nitrogen and oxygen atoms in total. The van der Waals surface area contributed by atoms with Gasteiger partial charge in [-0.15, -0.1) is 0 Å². The molecule has 6 aromatic rings. The lowest BCUT2D eigenvalue weighted by Crippen LogP contribution is -2.44. The lowest BCUT2D eigenvalue weighted by atomic mass is 9.96. The van der Waals surface area contributed by atoms with Gasteiger partial charge in [0, 0.05) is 25.5 Å². The second kappa shape index (κ2) is 17.7. The van der Waals surface area contributed by atoms with Crippen LogP contribution >= 0.6 is 0 Å². The van der Waals surface area contributed by atoms with Crippen molar-refractivity contribution in [3.05, 3.63) is 153 Å². The van der Waals surface area contributed by atoms with E-state index in [1.165, 1.54) is 45.8 Å². The van der Waals surface area contributed by atoms with Crippen LogP contribution in [0.5, 0.6) is 11.8 Å². The van der Waals surface area contributed by atoms with E-state index in [1.807, 2.05) is 12.1 Å². The summed E-state index contributed by atoms with van der Waals surface area (Å²) in [6.07, 6.45) is -6.42. The molecule has 2 aliphatic rings. The molecule has 344 valence electrons. The number of nitrogens with zero attached hydrogens (tertiary/aromatic N) is 6. The molecule has 21 heteroatoms. The number of carbonyl (C=O) groups is 2. The van der Waals surface area contributed by atoms with Crippen LogP contribution in [-0.4, -0.2) is 44.5 Å². The quantitative estimate of drug-likeness (QED) is 0.0600. The molecule has 0 radical (unpaired) electrons. The van der Waals surface area contributed by atoms with E-state index in [9.17, 15) is 65.4 Å². The lowest BCUT2D eigenvalue weighted by molar-refractivity contribution is -0.138. The minimum atomic E-state index is -4.94. The number of rotatable bonds is 12. The highest BCUT2D eigenvalue weighted by molar-refractivity contribution is 6.04. The van der Waals surface area contributed by atoms with E-state index in [1.54, 1.807) is 24.3 Å². The molecule has 0 saturated heterocycles. The number of benzene rings is 4. The molecule has 4 heterocycles. The lowest BCUT2D eigenvalue weighted by Gasteiger charge is -2.33. The second-order valence-corrected chi connectivity index (χ2v) is 15.6. The summed E-state index contributed by atoms with van der Waals surface area (Å²) in [5.41, 5.74) is -1.84. The molecule has 2 aliphatic heterocycles. The number of aromatic nitrogens is 2. The van der Waals surface area contributed by atoms with Gasteiger partial charge in [-0.1, -0.05) is 24.3 Å². The molecule has 5 N–H and O–H groups in total. The Morgan fingerprint density at radius 1 is 0.597 bits per heavy atom.